The van der Waals surface area contributed by atoms with Crippen LogP contribution in [0, 0.1) is 0 Å². The number of carbonyl (C=O) groups excluding carboxylic acids is 1. The Bertz CT molecular complexity index is 496. The third-order valence-electron chi connectivity index (χ3n) is 6.30. The SMILES string of the molecule is CCN(CC(=O)O)C1CC(NC(=O)NC2CCOC3(CCCCC3)C2)C1. The summed E-state index contributed by atoms with van der Waals surface area (Å²) < 4.78 is 6.09. The number of carbonyl (C=O) groups is 2. The van der Waals surface area contributed by atoms with Crippen LogP contribution in [0.3, 0.4) is 0 Å². The van der Waals surface area contributed by atoms with Gasteiger partial charge in [0.15, 0.2) is 0 Å². The molecule has 2 saturated carbocycles. The smallest absolute Gasteiger partial charge is 0.317 e. The fourth-order valence-corrected chi connectivity index (χ4v) is 4.78. The molecule has 1 unspecified atom stereocenters. The van der Waals surface area contributed by atoms with Crippen molar-refractivity contribution in [2.24, 2.45) is 0 Å². The molecule has 1 spiro atoms. The first-order valence-corrected chi connectivity index (χ1v) is 10.2. The topological polar surface area (TPSA) is 90.9 Å². The van der Waals surface area contributed by atoms with E-state index < -0.39 is 5.97 Å². The summed E-state index contributed by atoms with van der Waals surface area (Å²) in [5, 5.41) is 15.1. The number of ether oxygens (including phenoxy) is 1. The van der Waals surface area contributed by atoms with Crippen molar-refractivity contribution in [1.29, 1.82) is 0 Å². The Hall–Kier alpha value is -1.34. The predicted molar refractivity (Wildman–Crippen MR) is 98.2 cm³/mol. The molecule has 0 bridgehead atoms. The van der Waals surface area contributed by atoms with Crippen LogP contribution in [0.1, 0.15) is 64.7 Å². The summed E-state index contributed by atoms with van der Waals surface area (Å²) in [6, 6.07) is 0.505. The highest BCUT2D eigenvalue weighted by atomic mass is 16.5. The van der Waals surface area contributed by atoms with Crippen molar-refractivity contribution in [1.82, 2.24) is 15.5 Å². The van der Waals surface area contributed by atoms with Crippen LogP contribution in [-0.2, 0) is 9.53 Å². The summed E-state index contributed by atoms with van der Waals surface area (Å²) in [6.45, 7) is 3.50. The first-order chi connectivity index (χ1) is 12.5. The van der Waals surface area contributed by atoms with Gasteiger partial charge in [0.05, 0.1) is 12.1 Å². The van der Waals surface area contributed by atoms with Crippen molar-refractivity contribution in [3.63, 3.8) is 0 Å². The van der Waals surface area contributed by atoms with Gasteiger partial charge in [-0.2, -0.15) is 0 Å². The minimum absolute atomic E-state index is 0.00548. The summed E-state index contributed by atoms with van der Waals surface area (Å²) in [5.41, 5.74) is -0.00548. The molecule has 2 aliphatic carbocycles. The molecule has 0 aromatic rings. The Kier molecular flexibility index (Phi) is 6.40. The number of urea groups is 1. The van der Waals surface area contributed by atoms with Crippen LogP contribution in [0.25, 0.3) is 0 Å². The maximum atomic E-state index is 12.3. The Morgan fingerprint density at radius 2 is 1.85 bits per heavy atom. The quantitative estimate of drug-likeness (QED) is 0.669. The number of aliphatic carboxylic acids is 1. The Morgan fingerprint density at radius 1 is 1.15 bits per heavy atom. The standard InChI is InChI=1S/C19H33N3O4/c1-2-22(13-17(23)24)16-10-15(11-16)21-18(25)20-14-6-9-26-19(12-14)7-4-3-5-8-19/h14-16H,2-13H2,1H3,(H,23,24)(H2,20,21,25). The van der Waals surface area contributed by atoms with Gasteiger partial charge in [0.1, 0.15) is 0 Å². The van der Waals surface area contributed by atoms with E-state index in [1.807, 2.05) is 11.8 Å². The number of hydrogen-bond acceptors (Lipinski definition) is 4. The van der Waals surface area contributed by atoms with Crippen molar-refractivity contribution in [3.05, 3.63) is 0 Å². The molecular weight excluding hydrogens is 334 g/mol. The number of nitrogens with zero attached hydrogens (tertiary/aromatic N) is 1. The van der Waals surface area contributed by atoms with Crippen LogP contribution < -0.4 is 10.6 Å². The highest BCUT2D eigenvalue weighted by molar-refractivity contribution is 5.74. The van der Waals surface area contributed by atoms with Gasteiger partial charge in [-0.15, -0.1) is 0 Å². The van der Waals surface area contributed by atoms with Crippen molar-refractivity contribution in [2.45, 2.75) is 88.4 Å². The van der Waals surface area contributed by atoms with Crippen LogP contribution in [0.5, 0.6) is 0 Å². The van der Waals surface area contributed by atoms with Gasteiger partial charge in [0.2, 0.25) is 0 Å². The minimum atomic E-state index is -0.794. The molecule has 0 aromatic heterocycles. The van der Waals surface area contributed by atoms with Gasteiger partial charge in [-0.3, -0.25) is 9.69 Å². The Balaban J connectivity index is 1.39. The minimum Gasteiger partial charge on any atom is -0.480 e. The molecular formula is C19H33N3O4. The fourth-order valence-electron chi connectivity index (χ4n) is 4.78. The molecule has 3 fully saturated rings. The highest BCUT2D eigenvalue weighted by Gasteiger charge is 2.39. The number of carboxylic acids is 1. The maximum absolute atomic E-state index is 12.3. The molecule has 7 nitrogen and oxygen atoms in total. The summed E-state index contributed by atoms with van der Waals surface area (Å²) in [7, 11) is 0. The normalized spacial score (nSPS) is 30.6. The second kappa shape index (κ2) is 8.57. The van der Waals surface area contributed by atoms with E-state index in [1.165, 1.54) is 19.3 Å². The van der Waals surface area contributed by atoms with E-state index in [0.29, 0.717) is 0 Å². The lowest BCUT2D eigenvalue weighted by Crippen LogP contribution is -2.58. The van der Waals surface area contributed by atoms with Crippen LogP contribution >= 0.6 is 0 Å². The molecule has 2 amide bonds. The average Bonchev–Trinajstić information content (AvgIpc) is 2.56. The van der Waals surface area contributed by atoms with Crippen molar-refractivity contribution >= 4 is 12.0 Å². The molecule has 0 aromatic carbocycles. The van der Waals surface area contributed by atoms with Gasteiger partial charge in [-0.25, -0.2) is 4.79 Å². The van der Waals surface area contributed by atoms with Gasteiger partial charge in [0, 0.05) is 24.7 Å². The van der Waals surface area contributed by atoms with E-state index in [9.17, 15) is 9.59 Å². The Morgan fingerprint density at radius 3 is 2.50 bits per heavy atom. The molecule has 3 rings (SSSR count). The number of hydrogen-bond donors (Lipinski definition) is 3. The molecule has 0 radical (unpaired) electrons. The number of rotatable bonds is 6. The molecule has 1 aliphatic heterocycles. The second-order valence-corrected chi connectivity index (χ2v) is 8.18. The third-order valence-corrected chi connectivity index (χ3v) is 6.30. The molecule has 1 heterocycles. The number of carboxylic acid groups (broad SMARTS) is 1. The fraction of sp³-hybridized carbons (Fsp3) is 0.895. The first kappa shape index (κ1) is 19.4. The molecule has 1 atom stereocenters. The molecule has 26 heavy (non-hydrogen) atoms. The largest absolute Gasteiger partial charge is 0.480 e. The van der Waals surface area contributed by atoms with E-state index in [0.717, 1.165) is 51.7 Å². The highest BCUT2D eigenvalue weighted by Crippen LogP contribution is 2.38. The zero-order chi connectivity index (χ0) is 18.6. The third kappa shape index (κ3) is 4.88. The van der Waals surface area contributed by atoms with Crippen molar-refractivity contribution in [2.75, 3.05) is 19.7 Å². The maximum Gasteiger partial charge on any atom is 0.317 e. The van der Waals surface area contributed by atoms with Gasteiger partial charge < -0.3 is 20.5 Å². The van der Waals surface area contributed by atoms with E-state index in [2.05, 4.69) is 10.6 Å². The molecule has 3 aliphatic rings. The van der Waals surface area contributed by atoms with E-state index in [-0.39, 0.29) is 36.3 Å². The lowest BCUT2D eigenvalue weighted by atomic mass is 9.78. The van der Waals surface area contributed by atoms with Gasteiger partial charge in [-0.05, 0) is 45.1 Å². The zero-order valence-electron chi connectivity index (χ0n) is 15.8. The molecule has 148 valence electrons. The summed E-state index contributed by atoms with van der Waals surface area (Å²) >= 11 is 0. The van der Waals surface area contributed by atoms with Gasteiger partial charge >= 0.3 is 12.0 Å². The van der Waals surface area contributed by atoms with Crippen molar-refractivity contribution in [3.8, 4) is 0 Å². The van der Waals surface area contributed by atoms with Gasteiger partial charge in [0.25, 0.3) is 0 Å². The van der Waals surface area contributed by atoms with E-state index in [4.69, 9.17) is 9.84 Å². The van der Waals surface area contributed by atoms with Gasteiger partial charge in [-0.1, -0.05) is 26.2 Å². The Labute approximate surface area is 155 Å². The van der Waals surface area contributed by atoms with Crippen LogP contribution in [-0.4, -0.2) is 65.4 Å². The number of amides is 2. The molecule has 7 heteroatoms. The van der Waals surface area contributed by atoms with Crippen molar-refractivity contribution < 1.29 is 19.4 Å². The van der Waals surface area contributed by atoms with Crippen LogP contribution in [0.2, 0.25) is 0 Å². The van der Waals surface area contributed by atoms with Crippen LogP contribution in [0.15, 0.2) is 0 Å². The summed E-state index contributed by atoms with van der Waals surface area (Å²) in [4.78, 5) is 25.2. The zero-order valence-corrected chi connectivity index (χ0v) is 15.8. The van der Waals surface area contributed by atoms with Crippen LogP contribution in [0.4, 0.5) is 4.79 Å². The number of nitrogens with one attached hydrogen (secondary N) is 2. The molecule has 3 N–H and O–H groups in total. The second-order valence-electron chi connectivity index (χ2n) is 8.18. The number of likely N-dealkylation sites (N-methyl/N-ethyl adjacent to an activating group) is 1. The lowest BCUT2D eigenvalue weighted by molar-refractivity contribution is -0.139. The predicted octanol–water partition coefficient (Wildman–Crippen LogP) is 2.10. The monoisotopic (exact) mass is 367 g/mol. The summed E-state index contributed by atoms with van der Waals surface area (Å²) in [5.74, 6) is -0.794. The summed E-state index contributed by atoms with van der Waals surface area (Å²) in [6.07, 6.45) is 9.45. The van der Waals surface area contributed by atoms with E-state index in [1.54, 1.807) is 0 Å². The van der Waals surface area contributed by atoms with E-state index >= 15 is 0 Å². The molecule has 1 saturated heterocycles. The lowest BCUT2D eigenvalue weighted by Gasteiger charge is -2.44. The first-order valence-electron chi connectivity index (χ1n) is 10.2. The average molecular weight is 367 g/mol.